The van der Waals surface area contributed by atoms with Crippen LogP contribution in [0, 0.1) is 13.8 Å². The van der Waals surface area contributed by atoms with Crippen LogP contribution >= 0.6 is 11.6 Å². The van der Waals surface area contributed by atoms with Gasteiger partial charge in [-0.05, 0) is 54.3 Å². The summed E-state index contributed by atoms with van der Waals surface area (Å²) in [6.07, 6.45) is 0. The van der Waals surface area contributed by atoms with Crippen LogP contribution in [0.3, 0.4) is 0 Å². The van der Waals surface area contributed by atoms with Crippen LogP contribution in [0.1, 0.15) is 28.3 Å². The molecule has 0 spiro atoms. The SMILES string of the molecule is COc1ccc(C(N)c2cccc(Cl)c2C)c(C)c1. The van der Waals surface area contributed by atoms with Gasteiger partial charge in [-0.1, -0.05) is 29.8 Å². The van der Waals surface area contributed by atoms with Gasteiger partial charge in [0.1, 0.15) is 5.75 Å². The Morgan fingerprint density at radius 2 is 1.84 bits per heavy atom. The fourth-order valence-corrected chi connectivity index (χ4v) is 2.43. The molecule has 1 unspecified atom stereocenters. The van der Waals surface area contributed by atoms with Crippen LogP contribution < -0.4 is 10.5 Å². The maximum Gasteiger partial charge on any atom is 0.119 e. The molecule has 0 aliphatic heterocycles. The van der Waals surface area contributed by atoms with Gasteiger partial charge in [0.05, 0.1) is 13.2 Å². The quantitative estimate of drug-likeness (QED) is 0.918. The second-order valence-electron chi connectivity index (χ2n) is 4.65. The Kier molecular flexibility index (Phi) is 4.13. The third-order valence-corrected chi connectivity index (χ3v) is 3.87. The second-order valence-corrected chi connectivity index (χ2v) is 5.06. The third kappa shape index (κ3) is 2.75. The molecule has 100 valence electrons. The Morgan fingerprint density at radius 1 is 1.11 bits per heavy atom. The van der Waals surface area contributed by atoms with E-state index in [2.05, 4.69) is 0 Å². The van der Waals surface area contributed by atoms with Crippen molar-refractivity contribution in [1.82, 2.24) is 0 Å². The summed E-state index contributed by atoms with van der Waals surface area (Å²) >= 11 is 6.16. The predicted molar refractivity (Wildman–Crippen MR) is 80.0 cm³/mol. The molecule has 0 fully saturated rings. The maximum absolute atomic E-state index is 6.38. The average Bonchev–Trinajstić information content (AvgIpc) is 2.41. The Bertz CT molecular complexity index is 595. The zero-order valence-electron chi connectivity index (χ0n) is 11.4. The first kappa shape index (κ1) is 13.9. The molecule has 2 rings (SSSR count). The Balaban J connectivity index is 2.44. The summed E-state index contributed by atoms with van der Waals surface area (Å²) in [5.41, 5.74) is 10.7. The lowest BCUT2D eigenvalue weighted by atomic mass is 9.93. The molecular formula is C16H18ClNO. The number of methoxy groups -OCH3 is 1. The molecule has 0 bridgehead atoms. The lowest BCUT2D eigenvalue weighted by molar-refractivity contribution is 0.414. The number of aryl methyl sites for hydroxylation is 1. The van der Waals surface area contributed by atoms with Crippen molar-refractivity contribution in [2.24, 2.45) is 5.73 Å². The lowest BCUT2D eigenvalue weighted by Crippen LogP contribution is -2.14. The molecule has 2 N–H and O–H groups in total. The molecule has 0 aliphatic carbocycles. The van der Waals surface area contributed by atoms with Gasteiger partial charge in [0.25, 0.3) is 0 Å². The molecule has 19 heavy (non-hydrogen) atoms. The van der Waals surface area contributed by atoms with E-state index < -0.39 is 0 Å². The molecule has 2 aromatic carbocycles. The molecule has 1 atom stereocenters. The van der Waals surface area contributed by atoms with Gasteiger partial charge in [0.2, 0.25) is 0 Å². The summed E-state index contributed by atoms with van der Waals surface area (Å²) < 4.78 is 5.22. The first-order chi connectivity index (χ1) is 9.04. The molecule has 0 aromatic heterocycles. The van der Waals surface area contributed by atoms with Gasteiger partial charge < -0.3 is 10.5 Å². The van der Waals surface area contributed by atoms with Crippen molar-refractivity contribution in [1.29, 1.82) is 0 Å². The highest BCUT2D eigenvalue weighted by molar-refractivity contribution is 6.31. The molecule has 0 radical (unpaired) electrons. The Hall–Kier alpha value is -1.51. The van der Waals surface area contributed by atoms with E-state index in [4.69, 9.17) is 22.1 Å². The predicted octanol–water partition coefficient (Wildman–Crippen LogP) is 4.01. The summed E-state index contributed by atoms with van der Waals surface area (Å²) in [7, 11) is 1.66. The summed E-state index contributed by atoms with van der Waals surface area (Å²) in [5.74, 6) is 0.844. The number of hydrogen-bond donors (Lipinski definition) is 1. The number of hydrogen-bond acceptors (Lipinski definition) is 2. The first-order valence-corrected chi connectivity index (χ1v) is 6.57. The highest BCUT2D eigenvalue weighted by Crippen LogP contribution is 2.30. The van der Waals surface area contributed by atoms with E-state index in [0.29, 0.717) is 0 Å². The molecule has 2 aromatic rings. The lowest BCUT2D eigenvalue weighted by Gasteiger charge is -2.18. The fraction of sp³-hybridized carbons (Fsp3) is 0.250. The van der Waals surface area contributed by atoms with Gasteiger partial charge >= 0.3 is 0 Å². The zero-order chi connectivity index (χ0) is 14.0. The third-order valence-electron chi connectivity index (χ3n) is 3.46. The van der Waals surface area contributed by atoms with Crippen LogP contribution in [0.4, 0.5) is 0 Å². The first-order valence-electron chi connectivity index (χ1n) is 6.19. The van der Waals surface area contributed by atoms with E-state index in [1.807, 2.05) is 50.2 Å². The van der Waals surface area contributed by atoms with E-state index >= 15 is 0 Å². The number of nitrogens with two attached hydrogens (primary N) is 1. The topological polar surface area (TPSA) is 35.2 Å². The molecule has 0 saturated carbocycles. The molecule has 0 amide bonds. The van der Waals surface area contributed by atoms with Crippen molar-refractivity contribution in [2.45, 2.75) is 19.9 Å². The van der Waals surface area contributed by atoms with Gasteiger partial charge in [0.15, 0.2) is 0 Å². The number of halogens is 1. The van der Waals surface area contributed by atoms with Crippen LogP contribution in [-0.4, -0.2) is 7.11 Å². The highest BCUT2D eigenvalue weighted by Gasteiger charge is 2.15. The summed E-state index contributed by atoms with van der Waals surface area (Å²) in [4.78, 5) is 0. The van der Waals surface area contributed by atoms with E-state index in [1.54, 1.807) is 7.11 Å². The van der Waals surface area contributed by atoms with Crippen LogP contribution in [0.5, 0.6) is 5.75 Å². The number of ether oxygens (including phenoxy) is 1. The van der Waals surface area contributed by atoms with Crippen molar-refractivity contribution < 1.29 is 4.74 Å². The van der Waals surface area contributed by atoms with Crippen molar-refractivity contribution in [2.75, 3.05) is 7.11 Å². The summed E-state index contributed by atoms with van der Waals surface area (Å²) in [6, 6.07) is 11.6. The van der Waals surface area contributed by atoms with Gasteiger partial charge in [-0.2, -0.15) is 0 Å². The van der Waals surface area contributed by atoms with Crippen molar-refractivity contribution in [3.8, 4) is 5.75 Å². The van der Waals surface area contributed by atoms with Gasteiger partial charge in [0, 0.05) is 5.02 Å². The van der Waals surface area contributed by atoms with E-state index in [0.717, 1.165) is 33.0 Å². The second kappa shape index (κ2) is 5.64. The minimum Gasteiger partial charge on any atom is -0.497 e. The minimum absolute atomic E-state index is 0.176. The zero-order valence-corrected chi connectivity index (χ0v) is 12.2. The molecular weight excluding hydrogens is 258 g/mol. The number of benzene rings is 2. The molecule has 2 nitrogen and oxygen atoms in total. The van der Waals surface area contributed by atoms with E-state index in [1.165, 1.54) is 0 Å². The van der Waals surface area contributed by atoms with Gasteiger partial charge in [-0.15, -0.1) is 0 Å². The van der Waals surface area contributed by atoms with Crippen LogP contribution in [-0.2, 0) is 0 Å². The Labute approximate surface area is 119 Å². The maximum atomic E-state index is 6.38. The van der Waals surface area contributed by atoms with E-state index in [9.17, 15) is 0 Å². The van der Waals surface area contributed by atoms with E-state index in [-0.39, 0.29) is 6.04 Å². The molecule has 0 saturated heterocycles. The molecule has 0 aliphatic rings. The van der Waals surface area contributed by atoms with Crippen LogP contribution in [0.15, 0.2) is 36.4 Å². The average molecular weight is 276 g/mol. The summed E-state index contributed by atoms with van der Waals surface area (Å²) in [5, 5.41) is 0.749. The normalized spacial score (nSPS) is 12.3. The van der Waals surface area contributed by atoms with Crippen molar-refractivity contribution in [3.05, 3.63) is 63.7 Å². The van der Waals surface area contributed by atoms with Gasteiger partial charge in [-0.25, -0.2) is 0 Å². The highest BCUT2D eigenvalue weighted by atomic mass is 35.5. The van der Waals surface area contributed by atoms with Crippen molar-refractivity contribution >= 4 is 11.6 Å². The largest absolute Gasteiger partial charge is 0.497 e. The minimum atomic E-state index is -0.176. The monoisotopic (exact) mass is 275 g/mol. The standard InChI is InChI=1S/C16H18ClNO/c1-10-9-12(19-3)7-8-13(10)16(18)14-5-4-6-15(17)11(14)2/h4-9,16H,18H2,1-3H3. The number of rotatable bonds is 3. The molecule has 0 heterocycles. The van der Waals surface area contributed by atoms with Crippen molar-refractivity contribution in [3.63, 3.8) is 0 Å². The summed E-state index contributed by atoms with van der Waals surface area (Å²) in [6.45, 7) is 4.04. The molecule has 3 heteroatoms. The fourth-order valence-electron chi connectivity index (χ4n) is 2.25. The van der Waals surface area contributed by atoms with Gasteiger partial charge in [-0.3, -0.25) is 0 Å². The van der Waals surface area contributed by atoms with Crippen LogP contribution in [0.2, 0.25) is 5.02 Å². The van der Waals surface area contributed by atoms with Crippen LogP contribution in [0.25, 0.3) is 0 Å². The smallest absolute Gasteiger partial charge is 0.119 e. The Morgan fingerprint density at radius 3 is 2.47 bits per heavy atom.